The molecule has 1 rings (SSSR count). The van der Waals surface area contributed by atoms with E-state index < -0.39 is 12.2 Å². The van der Waals surface area contributed by atoms with Gasteiger partial charge >= 0.3 is 0 Å². The normalized spacial score (nSPS) is 29.7. The summed E-state index contributed by atoms with van der Waals surface area (Å²) in [6, 6.07) is 0. The van der Waals surface area contributed by atoms with E-state index in [1.165, 1.54) is 6.92 Å². The predicted molar refractivity (Wildman–Crippen MR) is 35.7 cm³/mol. The van der Waals surface area contributed by atoms with E-state index in [-0.39, 0.29) is 6.10 Å². The van der Waals surface area contributed by atoms with Gasteiger partial charge in [0.05, 0.1) is 6.10 Å². The van der Waals surface area contributed by atoms with Gasteiger partial charge in [0.1, 0.15) is 6.10 Å². The minimum Gasteiger partial charge on any atom is -0.391 e. The Morgan fingerprint density at radius 3 is 2.80 bits per heavy atom. The molecule has 0 saturated heterocycles. The lowest BCUT2D eigenvalue weighted by Gasteiger charge is -2.17. The molecule has 2 N–H and O–H groups in total. The van der Waals surface area contributed by atoms with Crippen molar-refractivity contribution < 1.29 is 15.1 Å². The highest BCUT2D eigenvalue weighted by Crippen LogP contribution is 2.11. The summed E-state index contributed by atoms with van der Waals surface area (Å²) in [5.41, 5.74) is 0. The standard InChI is InChI=1S/C6H11NO3/c1-4(8)6(9)5-2-3-7-10-5/h3-6,8-9H,2H2,1H3/t4-,5+,6+/m1/s1. The summed E-state index contributed by atoms with van der Waals surface area (Å²) < 4.78 is 0. The van der Waals surface area contributed by atoms with Crippen molar-refractivity contribution in [2.24, 2.45) is 5.16 Å². The van der Waals surface area contributed by atoms with Gasteiger partial charge in [-0.1, -0.05) is 5.16 Å². The van der Waals surface area contributed by atoms with Crippen LogP contribution in [0.5, 0.6) is 0 Å². The number of hydrogen-bond acceptors (Lipinski definition) is 4. The third-order valence-corrected chi connectivity index (χ3v) is 1.48. The van der Waals surface area contributed by atoms with Crippen molar-refractivity contribution in [2.45, 2.75) is 31.7 Å². The summed E-state index contributed by atoms with van der Waals surface area (Å²) >= 11 is 0. The van der Waals surface area contributed by atoms with Crippen molar-refractivity contribution >= 4 is 6.21 Å². The molecule has 0 aromatic carbocycles. The fraction of sp³-hybridized carbons (Fsp3) is 0.833. The Morgan fingerprint density at radius 2 is 2.40 bits per heavy atom. The minimum absolute atomic E-state index is 0.361. The van der Waals surface area contributed by atoms with Crippen LogP contribution in [-0.4, -0.2) is 34.7 Å². The molecule has 0 aliphatic carbocycles. The van der Waals surface area contributed by atoms with Crippen LogP contribution in [0.1, 0.15) is 13.3 Å². The van der Waals surface area contributed by atoms with Crippen LogP contribution in [-0.2, 0) is 4.84 Å². The molecule has 1 heterocycles. The molecule has 10 heavy (non-hydrogen) atoms. The number of nitrogens with zero attached hydrogens (tertiary/aromatic N) is 1. The number of rotatable bonds is 2. The van der Waals surface area contributed by atoms with Gasteiger partial charge in [0.2, 0.25) is 0 Å². The quantitative estimate of drug-likeness (QED) is 0.550. The Kier molecular flexibility index (Phi) is 2.24. The average Bonchev–Trinajstić information content (AvgIpc) is 2.36. The smallest absolute Gasteiger partial charge is 0.160 e. The van der Waals surface area contributed by atoms with Crippen LogP contribution in [0.2, 0.25) is 0 Å². The van der Waals surface area contributed by atoms with E-state index in [4.69, 9.17) is 9.94 Å². The second-order valence-corrected chi connectivity index (χ2v) is 2.40. The lowest BCUT2D eigenvalue weighted by Crippen LogP contribution is -2.35. The average molecular weight is 145 g/mol. The van der Waals surface area contributed by atoms with E-state index >= 15 is 0 Å². The third kappa shape index (κ3) is 1.46. The highest BCUT2D eigenvalue weighted by Gasteiger charge is 2.26. The minimum atomic E-state index is -0.831. The van der Waals surface area contributed by atoms with Crippen LogP contribution in [0.15, 0.2) is 5.16 Å². The molecule has 0 fully saturated rings. The first-order chi connectivity index (χ1) is 4.72. The van der Waals surface area contributed by atoms with Crippen molar-refractivity contribution in [3.63, 3.8) is 0 Å². The third-order valence-electron chi connectivity index (χ3n) is 1.48. The Hall–Kier alpha value is -0.610. The van der Waals surface area contributed by atoms with Crippen molar-refractivity contribution in [1.82, 2.24) is 0 Å². The van der Waals surface area contributed by atoms with Crippen LogP contribution in [0.4, 0.5) is 0 Å². The molecule has 3 atom stereocenters. The molecule has 0 bridgehead atoms. The van der Waals surface area contributed by atoms with Gasteiger partial charge in [0, 0.05) is 12.6 Å². The molecular weight excluding hydrogens is 134 g/mol. The van der Waals surface area contributed by atoms with Crippen molar-refractivity contribution in [3.8, 4) is 0 Å². The molecule has 0 unspecified atom stereocenters. The maximum absolute atomic E-state index is 9.17. The van der Waals surface area contributed by atoms with Gasteiger partial charge in [-0.05, 0) is 6.92 Å². The Balaban J connectivity index is 2.34. The molecule has 4 heteroatoms. The number of hydrogen-bond donors (Lipinski definition) is 2. The first-order valence-corrected chi connectivity index (χ1v) is 3.25. The molecule has 0 aromatic heterocycles. The molecular formula is C6H11NO3. The number of aliphatic hydroxyl groups is 2. The van der Waals surface area contributed by atoms with Gasteiger partial charge < -0.3 is 15.1 Å². The van der Waals surface area contributed by atoms with Crippen LogP contribution >= 0.6 is 0 Å². The first-order valence-electron chi connectivity index (χ1n) is 3.25. The number of oxime groups is 1. The van der Waals surface area contributed by atoms with Gasteiger partial charge in [-0.15, -0.1) is 0 Å². The first kappa shape index (κ1) is 7.50. The SMILES string of the molecule is C[C@@H](O)[C@H](O)[C@@H]1CC=NO1. The molecule has 0 saturated carbocycles. The van der Waals surface area contributed by atoms with E-state index in [0.29, 0.717) is 6.42 Å². The molecule has 1 aliphatic rings. The molecule has 0 radical (unpaired) electrons. The summed E-state index contributed by atoms with van der Waals surface area (Å²) in [6.45, 7) is 1.52. The molecule has 58 valence electrons. The summed E-state index contributed by atoms with van der Waals surface area (Å²) in [7, 11) is 0. The van der Waals surface area contributed by atoms with E-state index in [9.17, 15) is 5.11 Å². The summed E-state index contributed by atoms with van der Waals surface area (Å²) in [4.78, 5) is 4.74. The van der Waals surface area contributed by atoms with Crippen molar-refractivity contribution in [2.75, 3.05) is 0 Å². The monoisotopic (exact) mass is 145 g/mol. The largest absolute Gasteiger partial charge is 0.391 e. The van der Waals surface area contributed by atoms with Gasteiger partial charge in [-0.2, -0.15) is 0 Å². The van der Waals surface area contributed by atoms with Crippen LogP contribution in [0, 0.1) is 0 Å². The molecule has 0 aromatic rings. The second kappa shape index (κ2) is 2.98. The van der Waals surface area contributed by atoms with E-state index in [0.717, 1.165) is 0 Å². The predicted octanol–water partition coefficient (Wildman–Crippen LogP) is -0.497. The topological polar surface area (TPSA) is 62.0 Å². The zero-order valence-corrected chi connectivity index (χ0v) is 5.77. The zero-order chi connectivity index (χ0) is 7.56. The van der Waals surface area contributed by atoms with Gasteiger partial charge in [0.15, 0.2) is 6.10 Å². The van der Waals surface area contributed by atoms with Gasteiger partial charge in [-0.3, -0.25) is 0 Å². The van der Waals surface area contributed by atoms with Gasteiger partial charge in [-0.25, -0.2) is 0 Å². The second-order valence-electron chi connectivity index (χ2n) is 2.40. The van der Waals surface area contributed by atoms with Crippen LogP contribution < -0.4 is 0 Å². The molecule has 1 aliphatic heterocycles. The van der Waals surface area contributed by atoms with Gasteiger partial charge in [0.25, 0.3) is 0 Å². The maximum Gasteiger partial charge on any atom is 0.160 e. The van der Waals surface area contributed by atoms with E-state index in [2.05, 4.69) is 5.16 Å². The van der Waals surface area contributed by atoms with Crippen molar-refractivity contribution in [1.29, 1.82) is 0 Å². The lowest BCUT2D eigenvalue weighted by molar-refractivity contribution is -0.0708. The molecule has 4 nitrogen and oxygen atoms in total. The van der Waals surface area contributed by atoms with E-state index in [1.54, 1.807) is 6.21 Å². The Labute approximate surface area is 59.1 Å². The summed E-state index contributed by atoms with van der Waals surface area (Å²) in [6.07, 6.45) is 0.205. The Morgan fingerprint density at radius 1 is 1.70 bits per heavy atom. The van der Waals surface area contributed by atoms with Crippen molar-refractivity contribution in [3.05, 3.63) is 0 Å². The maximum atomic E-state index is 9.17. The number of aliphatic hydroxyl groups excluding tert-OH is 2. The fourth-order valence-electron chi connectivity index (χ4n) is 0.824. The summed E-state index contributed by atoms with van der Waals surface area (Å²) in [5, 5.41) is 21.5. The lowest BCUT2D eigenvalue weighted by atomic mass is 10.1. The summed E-state index contributed by atoms with van der Waals surface area (Å²) in [5.74, 6) is 0. The van der Waals surface area contributed by atoms with E-state index in [1.807, 2.05) is 0 Å². The highest BCUT2D eigenvalue weighted by molar-refractivity contribution is 5.58. The fourth-order valence-corrected chi connectivity index (χ4v) is 0.824. The van der Waals surface area contributed by atoms with Crippen LogP contribution in [0.3, 0.4) is 0 Å². The Bertz CT molecular complexity index is 127. The highest BCUT2D eigenvalue weighted by atomic mass is 16.6. The molecule has 0 amide bonds. The van der Waals surface area contributed by atoms with Crippen LogP contribution in [0.25, 0.3) is 0 Å². The zero-order valence-electron chi connectivity index (χ0n) is 5.77. The molecule has 0 spiro atoms.